The molecule has 5 nitrogen and oxygen atoms in total. The number of hydrogen-bond donors (Lipinski definition) is 2. The molecule has 1 fully saturated rings. The topological polar surface area (TPSA) is 67.6 Å². The molecule has 1 heterocycles. The summed E-state index contributed by atoms with van der Waals surface area (Å²) in [5.41, 5.74) is 2.64. The van der Waals surface area contributed by atoms with Gasteiger partial charge in [0.1, 0.15) is 12.4 Å². The van der Waals surface area contributed by atoms with Gasteiger partial charge in [0.2, 0.25) is 0 Å². The van der Waals surface area contributed by atoms with E-state index in [1.165, 1.54) is 19.4 Å². The van der Waals surface area contributed by atoms with Crippen LogP contribution in [0.5, 0.6) is 5.75 Å². The van der Waals surface area contributed by atoms with Crippen LogP contribution in [0.3, 0.4) is 0 Å². The number of nitrogens with one attached hydrogen (secondary N) is 1. The van der Waals surface area contributed by atoms with E-state index in [0.29, 0.717) is 24.1 Å². The number of hydrazine groups is 1. The van der Waals surface area contributed by atoms with E-state index in [1.54, 1.807) is 24.3 Å². The number of carbonyl (C=O) groups is 1. The van der Waals surface area contributed by atoms with Crippen LogP contribution in [-0.2, 0) is 0 Å². The minimum Gasteiger partial charge on any atom is -0.492 e. The summed E-state index contributed by atoms with van der Waals surface area (Å²) in [6.45, 7) is 7.36. The minimum atomic E-state index is -0.293. The molecule has 1 aliphatic rings. The molecule has 116 valence electrons. The van der Waals surface area contributed by atoms with Crippen LogP contribution in [0.25, 0.3) is 0 Å². The van der Waals surface area contributed by atoms with Crippen LogP contribution in [0.15, 0.2) is 24.3 Å². The maximum atomic E-state index is 11.3. The van der Waals surface area contributed by atoms with Crippen LogP contribution in [0, 0.1) is 5.92 Å². The lowest BCUT2D eigenvalue weighted by atomic mass is 10.0. The summed E-state index contributed by atoms with van der Waals surface area (Å²) in [4.78, 5) is 13.8. The molecule has 5 heteroatoms. The molecule has 1 amide bonds. The van der Waals surface area contributed by atoms with Crippen LogP contribution in [-0.4, -0.2) is 36.5 Å². The average Bonchev–Trinajstić information content (AvgIpc) is 2.96. The highest BCUT2D eigenvalue weighted by Gasteiger charge is 2.26. The van der Waals surface area contributed by atoms with E-state index >= 15 is 0 Å². The Kier molecular flexibility index (Phi) is 5.59. The van der Waals surface area contributed by atoms with Crippen molar-refractivity contribution in [3.05, 3.63) is 29.8 Å². The Hall–Kier alpha value is -1.59. The van der Waals surface area contributed by atoms with Crippen molar-refractivity contribution in [1.82, 2.24) is 10.3 Å². The first-order chi connectivity index (χ1) is 10.1. The monoisotopic (exact) mass is 291 g/mol. The van der Waals surface area contributed by atoms with Gasteiger partial charge in [-0.25, -0.2) is 5.84 Å². The number of carbonyl (C=O) groups excluding carboxylic acids is 1. The molecule has 1 unspecified atom stereocenters. The van der Waals surface area contributed by atoms with Gasteiger partial charge in [0, 0.05) is 18.2 Å². The van der Waals surface area contributed by atoms with Crippen molar-refractivity contribution in [1.29, 1.82) is 0 Å². The molecule has 1 aromatic carbocycles. The molecule has 21 heavy (non-hydrogen) atoms. The van der Waals surface area contributed by atoms with E-state index in [9.17, 15) is 4.79 Å². The lowest BCUT2D eigenvalue weighted by Gasteiger charge is -2.27. The molecule has 0 radical (unpaired) electrons. The summed E-state index contributed by atoms with van der Waals surface area (Å²) >= 11 is 0. The van der Waals surface area contributed by atoms with Gasteiger partial charge in [-0.15, -0.1) is 0 Å². The Balaban J connectivity index is 1.79. The van der Waals surface area contributed by atoms with Crippen LogP contribution in [0.2, 0.25) is 0 Å². The molecule has 1 atom stereocenters. The molecule has 1 aromatic rings. The van der Waals surface area contributed by atoms with E-state index in [2.05, 4.69) is 24.2 Å². The molecular weight excluding hydrogens is 266 g/mol. The SMILES string of the molecule is CC(C)C1CCCN1CCOc1ccc(C(=O)NN)cc1. The summed E-state index contributed by atoms with van der Waals surface area (Å²) in [5, 5.41) is 0. The molecule has 0 bridgehead atoms. The fourth-order valence-corrected chi connectivity index (χ4v) is 2.95. The Morgan fingerprint density at radius 1 is 1.43 bits per heavy atom. The highest BCUT2D eigenvalue weighted by molar-refractivity contribution is 5.93. The number of ether oxygens (including phenoxy) is 1. The molecule has 0 aliphatic carbocycles. The number of nitrogen functional groups attached to an aromatic ring is 1. The van der Waals surface area contributed by atoms with E-state index in [0.717, 1.165) is 12.3 Å². The van der Waals surface area contributed by atoms with Crippen LogP contribution in [0.4, 0.5) is 0 Å². The molecule has 1 saturated heterocycles. The maximum Gasteiger partial charge on any atom is 0.265 e. The number of nitrogens with two attached hydrogens (primary N) is 1. The second-order valence-corrected chi connectivity index (χ2v) is 5.84. The van der Waals surface area contributed by atoms with Crippen molar-refractivity contribution in [3.63, 3.8) is 0 Å². The first-order valence-corrected chi connectivity index (χ1v) is 7.59. The molecule has 0 aromatic heterocycles. The van der Waals surface area contributed by atoms with Gasteiger partial charge in [0.15, 0.2) is 0 Å². The summed E-state index contributed by atoms with van der Waals surface area (Å²) in [7, 11) is 0. The van der Waals surface area contributed by atoms with Gasteiger partial charge >= 0.3 is 0 Å². The number of nitrogens with zero attached hydrogens (tertiary/aromatic N) is 1. The van der Waals surface area contributed by atoms with Gasteiger partial charge in [-0.3, -0.25) is 15.1 Å². The van der Waals surface area contributed by atoms with Gasteiger partial charge < -0.3 is 4.74 Å². The minimum absolute atomic E-state index is 0.293. The van der Waals surface area contributed by atoms with Gasteiger partial charge in [-0.05, 0) is 49.6 Å². The van der Waals surface area contributed by atoms with Crippen molar-refractivity contribution in [2.75, 3.05) is 19.7 Å². The smallest absolute Gasteiger partial charge is 0.265 e. The first kappa shape index (κ1) is 15.8. The highest BCUT2D eigenvalue weighted by Crippen LogP contribution is 2.23. The number of hydrogen-bond acceptors (Lipinski definition) is 4. The molecule has 3 N–H and O–H groups in total. The molecule has 0 spiro atoms. The molecule has 0 saturated carbocycles. The number of likely N-dealkylation sites (tertiary alicyclic amines) is 1. The average molecular weight is 291 g/mol. The molecular formula is C16H25N3O2. The number of benzene rings is 1. The quantitative estimate of drug-likeness (QED) is 0.476. The normalized spacial score (nSPS) is 19.0. The van der Waals surface area contributed by atoms with E-state index < -0.39 is 0 Å². The number of amides is 1. The standard InChI is InChI=1S/C16H25N3O2/c1-12(2)15-4-3-9-19(15)10-11-21-14-7-5-13(6-8-14)16(20)18-17/h5-8,12,15H,3-4,9-11,17H2,1-2H3,(H,18,20). The summed E-state index contributed by atoms with van der Waals surface area (Å²) < 4.78 is 5.76. The summed E-state index contributed by atoms with van der Waals surface area (Å²) in [5.74, 6) is 6.28. The van der Waals surface area contributed by atoms with Crippen molar-refractivity contribution in [3.8, 4) is 5.75 Å². The van der Waals surface area contributed by atoms with E-state index in [1.807, 2.05) is 0 Å². The highest BCUT2D eigenvalue weighted by atomic mass is 16.5. The Bertz CT molecular complexity index is 459. The summed E-state index contributed by atoms with van der Waals surface area (Å²) in [6, 6.07) is 7.71. The fourth-order valence-electron chi connectivity index (χ4n) is 2.95. The van der Waals surface area contributed by atoms with Gasteiger partial charge in [-0.1, -0.05) is 13.8 Å². The third-order valence-electron chi connectivity index (χ3n) is 4.08. The van der Waals surface area contributed by atoms with E-state index in [4.69, 9.17) is 10.6 Å². The molecule has 2 rings (SSSR count). The zero-order chi connectivity index (χ0) is 15.2. The Morgan fingerprint density at radius 2 is 2.14 bits per heavy atom. The lowest BCUT2D eigenvalue weighted by Crippen LogP contribution is -2.36. The third-order valence-corrected chi connectivity index (χ3v) is 4.08. The molecule has 1 aliphatic heterocycles. The van der Waals surface area contributed by atoms with Crippen LogP contribution in [0.1, 0.15) is 37.0 Å². The fraction of sp³-hybridized carbons (Fsp3) is 0.562. The maximum absolute atomic E-state index is 11.3. The largest absolute Gasteiger partial charge is 0.492 e. The Morgan fingerprint density at radius 3 is 2.76 bits per heavy atom. The van der Waals surface area contributed by atoms with Crippen molar-refractivity contribution >= 4 is 5.91 Å². The van der Waals surface area contributed by atoms with Crippen molar-refractivity contribution in [2.24, 2.45) is 11.8 Å². The van der Waals surface area contributed by atoms with Gasteiger partial charge in [0.05, 0.1) is 0 Å². The summed E-state index contributed by atoms with van der Waals surface area (Å²) in [6.07, 6.45) is 2.58. The van der Waals surface area contributed by atoms with Crippen molar-refractivity contribution < 1.29 is 9.53 Å². The Labute approximate surface area is 126 Å². The van der Waals surface area contributed by atoms with Gasteiger partial charge in [-0.2, -0.15) is 0 Å². The second-order valence-electron chi connectivity index (χ2n) is 5.84. The van der Waals surface area contributed by atoms with Gasteiger partial charge in [0.25, 0.3) is 5.91 Å². The third kappa shape index (κ3) is 4.19. The second kappa shape index (κ2) is 7.43. The zero-order valence-corrected chi connectivity index (χ0v) is 12.8. The number of rotatable bonds is 6. The zero-order valence-electron chi connectivity index (χ0n) is 12.8. The lowest BCUT2D eigenvalue weighted by molar-refractivity contribution is 0.0953. The van der Waals surface area contributed by atoms with Crippen LogP contribution < -0.4 is 16.0 Å². The van der Waals surface area contributed by atoms with Crippen LogP contribution >= 0.6 is 0 Å². The first-order valence-electron chi connectivity index (χ1n) is 7.59. The predicted molar refractivity (Wildman–Crippen MR) is 83.0 cm³/mol. The predicted octanol–water partition coefficient (Wildman–Crippen LogP) is 1.79. The van der Waals surface area contributed by atoms with E-state index in [-0.39, 0.29) is 5.91 Å². The van der Waals surface area contributed by atoms with Crippen molar-refractivity contribution in [2.45, 2.75) is 32.7 Å².